The first-order valence-electron chi connectivity index (χ1n) is 12.3. The lowest BCUT2D eigenvalue weighted by molar-refractivity contribution is -0.142. The zero-order chi connectivity index (χ0) is 26.2. The number of urea groups is 1. The molecule has 4 atom stereocenters. The van der Waals surface area contributed by atoms with Crippen molar-refractivity contribution < 1.29 is 37.3 Å². The zero-order valence-electron chi connectivity index (χ0n) is 19.9. The van der Waals surface area contributed by atoms with Crippen LogP contribution in [-0.2, 0) is 15.7 Å². The molecule has 2 aromatic carbocycles. The van der Waals surface area contributed by atoms with Gasteiger partial charge in [-0.15, -0.1) is 0 Å². The van der Waals surface area contributed by atoms with Gasteiger partial charge < -0.3 is 30.5 Å². The quantitative estimate of drug-likeness (QED) is 0.437. The third-order valence-corrected chi connectivity index (χ3v) is 6.93. The third-order valence-electron chi connectivity index (χ3n) is 6.93. The van der Waals surface area contributed by atoms with Gasteiger partial charge in [0.2, 0.25) is 5.91 Å². The molecule has 1 saturated heterocycles. The fraction of sp³-hybridized carbons (Fsp3) is 0.462. The van der Waals surface area contributed by atoms with Gasteiger partial charge in [-0.05, 0) is 67.6 Å². The van der Waals surface area contributed by atoms with Gasteiger partial charge in [0.1, 0.15) is 18.0 Å². The number of hydrogen-bond donors (Lipinski definition) is 4. The van der Waals surface area contributed by atoms with Gasteiger partial charge in [-0.25, -0.2) is 4.79 Å². The van der Waals surface area contributed by atoms with Crippen molar-refractivity contribution in [2.24, 2.45) is 5.92 Å². The highest BCUT2D eigenvalue weighted by Crippen LogP contribution is 2.47. The maximum Gasteiger partial charge on any atom is 0.416 e. The van der Waals surface area contributed by atoms with E-state index in [1.165, 1.54) is 12.1 Å². The molecular weight excluding hydrogens is 491 g/mol. The number of carbonyl (C=O) groups excluding carboxylic acids is 2. The summed E-state index contributed by atoms with van der Waals surface area (Å²) in [4.78, 5) is 24.8. The van der Waals surface area contributed by atoms with Crippen LogP contribution in [0, 0.1) is 5.92 Å². The minimum absolute atomic E-state index is 0.0819. The van der Waals surface area contributed by atoms with Gasteiger partial charge in [-0.3, -0.25) is 4.79 Å². The van der Waals surface area contributed by atoms with E-state index >= 15 is 0 Å². The summed E-state index contributed by atoms with van der Waals surface area (Å²) in [6.07, 6.45) is -2.85. The molecule has 11 heteroatoms. The number of amides is 3. The fourth-order valence-corrected chi connectivity index (χ4v) is 4.86. The summed E-state index contributed by atoms with van der Waals surface area (Å²) in [5, 5.41) is 18.0. The highest BCUT2D eigenvalue weighted by molar-refractivity contribution is 5.99. The number of hydrogen-bond acceptors (Lipinski definition) is 5. The van der Waals surface area contributed by atoms with Gasteiger partial charge in [0.15, 0.2) is 0 Å². The van der Waals surface area contributed by atoms with Gasteiger partial charge in [0.25, 0.3) is 0 Å². The van der Waals surface area contributed by atoms with E-state index in [0.717, 1.165) is 30.5 Å². The second-order valence-electron chi connectivity index (χ2n) is 9.76. The lowest BCUT2D eigenvalue weighted by atomic mass is 9.84. The second-order valence-corrected chi connectivity index (χ2v) is 9.76. The molecule has 8 nitrogen and oxygen atoms in total. The van der Waals surface area contributed by atoms with Crippen molar-refractivity contribution in [2.75, 3.05) is 23.8 Å². The average molecular weight is 520 g/mol. The number of fused-ring (bicyclic) bond motifs is 3. The summed E-state index contributed by atoms with van der Waals surface area (Å²) >= 11 is 0. The topological polar surface area (TPSA) is 109 Å². The zero-order valence-corrected chi connectivity index (χ0v) is 19.9. The van der Waals surface area contributed by atoms with Crippen LogP contribution in [0.25, 0.3) is 0 Å². The second kappa shape index (κ2) is 10.2. The Morgan fingerprint density at radius 3 is 2.41 bits per heavy atom. The molecule has 5 rings (SSSR count). The summed E-state index contributed by atoms with van der Waals surface area (Å²) < 4.78 is 50.3. The van der Waals surface area contributed by atoms with Gasteiger partial charge in [-0.1, -0.05) is 0 Å². The maximum atomic E-state index is 12.7. The largest absolute Gasteiger partial charge is 0.487 e. The first-order valence-corrected chi connectivity index (χ1v) is 12.3. The third kappa shape index (κ3) is 5.99. The van der Waals surface area contributed by atoms with Crippen LogP contribution in [0.3, 0.4) is 0 Å². The Balaban J connectivity index is 1.23. The fourth-order valence-electron chi connectivity index (χ4n) is 4.86. The molecule has 1 aliphatic carbocycles. The monoisotopic (exact) mass is 519 g/mol. The number of nitrogens with one attached hydrogen (secondary N) is 3. The van der Waals surface area contributed by atoms with Crippen LogP contribution in [0.4, 0.5) is 29.3 Å². The van der Waals surface area contributed by atoms with Crippen molar-refractivity contribution >= 4 is 23.3 Å². The van der Waals surface area contributed by atoms with Crippen LogP contribution in [0.15, 0.2) is 42.5 Å². The van der Waals surface area contributed by atoms with E-state index in [-0.39, 0.29) is 36.6 Å². The molecule has 0 spiro atoms. The summed E-state index contributed by atoms with van der Waals surface area (Å²) in [7, 11) is 0. The first kappa shape index (κ1) is 25.3. The molecule has 0 unspecified atom stereocenters. The van der Waals surface area contributed by atoms with Crippen LogP contribution < -0.4 is 20.7 Å². The van der Waals surface area contributed by atoms with Crippen LogP contribution >= 0.6 is 0 Å². The van der Waals surface area contributed by atoms with Crippen molar-refractivity contribution in [3.63, 3.8) is 0 Å². The Kier molecular flexibility index (Phi) is 7.00. The van der Waals surface area contributed by atoms with E-state index in [2.05, 4.69) is 16.0 Å². The average Bonchev–Trinajstić information content (AvgIpc) is 3.62. The maximum absolute atomic E-state index is 12.7. The summed E-state index contributed by atoms with van der Waals surface area (Å²) in [5.74, 6) is 0.969. The molecule has 4 N–H and O–H groups in total. The van der Waals surface area contributed by atoms with Crippen LogP contribution in [-0.4, -0.2) is 48.5 Å². The number of aliphatic hydroxyl groups is 1. The van der Waals surface area contributed by atoms with Crippen molar-refractivity contribution in [1.29, 1.82) is 0 Å². The number of ether oxygens (including phenoxy) is 2. The molecule has 2 heterocycles. The molecule has 0 bridgehead atoms. The Morgan fingerprint density at radius 2 is 1.73 bits per heavy atom. The molecule has 3 amide bonds. The number of alkyl halides is 3. The van der Waals surface area contributed by atoms with Crippen molar-refractivity contribution in [3.8, 4) is 5.75 Å². The Bertz CT molecular complexity index is 1150. The minimum atomic E-state index is -4.45. The normalized spacial score (nSPS) is 24.4. The molecule has 3 aliphatic rings. The molecule has 2 aliphatic heterocycles. The number of carbonyl (C=O) groups is 2. The Labute approximate surface area is 211 Å². The van der Waals surface area contributed by atoms with Crippen LogP contribution in [0.1, 0.15) is 42.7 Å². The van der Waals surface area contributed by atoms with Crippen LogP contribution in [0.2, 0.25) is 0 Å². The molecular formula is C26H28F3N3O5. The van der Waals surface area contributed by atoms with E-state index in [1.807, 2.05) is 0 Å². The minimum Gasteiger partial charge on any atom is -0.487 e. The summed E-state index contributed by atoms with van der Waals surface area (Å²) in [5.41, 5.74) is 0.719. The summed E-state index contributed by atoms with van der Waals surface area (Å²) in [6.45, 7) is 0.423. The van der Waals surface area contributed by atoms with E-state index in [0.29, 0.717) is 30.3 Å². The Morgan fingerprint density at radius 1 is 1.03 bits per heavy atom. The number of rotatable bonds is 7. The Hall–Kier alpha value is -3.31. The number of benzene rings is 2. The van der Waals surface area contributed by atoms with E-state index in [9.17, 15) is 27.9 Å². The lowest BCUT2D eigenvalue weighted by Gasteiger charge is -2.37. The molecule has 0 radical (unpaired) electrons. The molecule has 0 aromatic heterocycles. The highest BCUT2D eigenvalue weighted by atomic mass is 19.4. The SMILES string of the molecule is O=C(C[C@@H]1C[C@H]2c3cc(NC(=O)Nc4ccc(C(F)(F)F)cc4)ccc3O[C@H]2[C@@H](CO)O1)NCC1CC1. The number of halogens is 3. The smallest absolute Gasteiger partial charge is 0.416 e. The van der Waals surface area contributed by atoms with Crippen molar-refractivity contribution in [1.82, 2.24) is 5.32 Å². The van der Waals surface area contributed by atoms with Gasteiger partial charge >= 0.3 is 12.2 Å². The van der Waals surface area contributed by atoms with Gasteiger partial charge in [0, 0.05) is 29.4 Å². The van der Waals surface area contributed by atoms with Gasteiger partial charge in [0.05, 0.1) is 24.7 Å². The standard InChI is InChI=1S/C26H28F3N3O5/c27-26(28,29)15-3-5-16(6-4-15)31-25(35)32-17-7-8-21-19(9-17)20-10-18(36-22(13-33)24(20)37-21)11-23(34)30-12-14-1-2-14/h3-9,14,18,20,22,24,33H,1-2,10-13H2,(H,30,34)(H2,31,32,35)/t18-,20-,22+,24+/m0/s1. The van der Waals surface area contributed by atoms with Crippen molar-refractivity contribution in [2.45, 2.75) is 56.1 Å². The number of aliphatic hydroxyl groups excluding tert-OH is 1. The predicted octanol–water partition coefficient (Wildman–Crippen LogP) is 4.26. The predicted molar refractivity (Wildman–Crippen MR) is 128 cm³/mol. The molecule has 37 heavy (non-hydrogen) atoms. The lowest BCUT2D eigenvalue weighted by Crippen LogP contribution is -2.47. The van der Waals surface area contributed by atoms with E-state index in [4.69, 9.17) is 9.47 Å². The molecule has 2 aromatic rings. The van der Waals surface area contributed by atoms with Gasteiger partial charge in [-0.2, -0.15) is 13.2 Å². The van der Waals surface area contributed by atoms with Crippen molar-refractivity contribution in [3.05, 3.63) is 53.6 Å². The first-order chi connectivity index (χ1) is 17.7. The molecule has 1 saturated carbocycles. The number of anilines is 2. The van der Waals surface area contributed by atoms with E-state index in [1.54, 1.807) is 18.2 Å². The molecule has 198 valence electrons. The van der Waals surface area contributed by atoms with E-state index < -0.39 is 30.0 Å². The van der Waals surface area contributed by atoms with Crippen LogP contribution in [0.5, 0.6) is 5.75 Å². The summed E-state index contributed by atoms with van der Waals surface area (Å²) in [6, 6.07) is 8.69. The highest BCUT2D eigenvalue weighted by Gasteiger charge is 2.46. The molecule has 2 fully saturated rings.